The lowest BCUT2D eigenvalue weighted by molar-refractivity contribution is -0.137. The minimum Gasteiger partial charge on any atom is -0.302 e. The Balaban J connectivity index is 2.10. The molecular weight excluding hydrogens is 317 g/mol. The number of rotatable bonds is 4. The van der Waals surface area contributed by atoms with Crippen molar-refractivity contribution in [3.05, 3.63) is 29.8 Å². The molecule has 1 N–H and O–H groups in total. The highest BCUT2D eigenvalue weighted by Gasteiger charge is 2.31. The van der Waals surface area contributed by atoms with Gasteiger partial charge in [0.1, 0.15) is 0 Å². The van der Waals surface area contributed by atoms with Crippen molar-refractivity contribution in [3.63, 3.8) is 0 Å². The fourth-order valence-electron chi connectivity index (χ4n) is 2.55. The number of sulfonamides is 1. The summed E-state index contributed by atoms with van der Waals surface area (Å²) in [6, 6.07) is 3.35. The van der Waals surface area contributed by atoms with E-state index in [1.807, 2.05) is 6.92 Å². The monoisotopic (exact) mass is 336 g/mol. The normalized spacial score (nSPS) is 21.0. The highest BCUT2D eigenvalue weighted by Crippen LogP contribution is 2.29. The van der Waals surface area contributed by atoms with E-state index in [9.17, 15) is 21.6 Å². The maximum absolute atomic E-state index is 12.5. The van der Waals surface area contributed by atoms with Crippen LogP contribution in [-0.4, -0.2) is 39.0 Å². The Labute approximate surface area is 128 Å². The first-order chi connectivity index (χ1) is 10.2. The van der Waals surface area contributed by atoms with Crippen LogP contribution >= 0.6 is 0 Å². The predicted molar refractivity (Wildman–Crippen MR) is 76.9 cm³/mol. The number of alkyl halides is 3. The molecule has 0 unspecified atom stereocenters. The molecule has 1 aliphatic heterocycles. The summed E-state index contributed by atoms with van der Waals surface area (Å²) in [5.41, 5.74) is -0.860. The van der Waals surface area contributed by atoms with Crippen molar-refractivity contribution in [2.75, 3.05) is 19.6 Å². The molecule has 22 heavy (non-hydrogen) atoms. The van der Waals surface area contributed by atoms with Gasteiger partial charge in [0.25, 0.3) is 0 Å². The maximum Gasteiger partial charge on any atom is 0.416 e. The summed E-state index contributed by atoms with van der Waals surface area (Å²) in [6.07, 6.45) is -2.84. The van der Waals surface area contributed by atoms with Gasteiger partial charge in [-0.15, -0.1) is 0 Å². The first kappa shape index (κ1) is 17.2. The highest BCUT2D eigenvalue weighted by atomic mass is 32.2. The van der Waals surface area contributed by atoms with Crippen LogP contribution in [0, 0.1) is 0 Å². The van der Waals surface area contributed by atoms with Gasteiger partial charge in [0.2, 0.25) is 10.0 Å². The molecule has 2 rings (SSSR count). The summed E-state index contributed by atoms with van der Waals surface area (Å²) < 4.78 is 64.6. The number of halogens is 3. The first-order valence-electron chi connectivity index (χ1n) is 7.14. The zero-order valence-corrected chi connectivity index (χ0v) is 13.0. The zero-order valence-electron chi connectivity index (χ0n) is 12.2. The second kappa shape index (κ2) is 6.55. The van der Waals surface area contributed by atoms with E-state index in [0.717, 1.165) is 50.2 Å². The summed E-state index contributed by atoms with van der Waals surface area (Å²) in [4.78, 5) is 2.00. The van der Waals surface area contributed by atoms with Crippen LogP contribution in [0.3, 0.4) is 0 Å². The number of likely N-dealkylation sites (tertiary alicyclic amines) is 1. The van der Waals surface area contributed by atoms with Gasteiger partial charge in [-0.25, -0.2) is 13.1 Å². The Kier molecular flexibility index (Phi) is 5.14. The van der Waals surface area contributed by atoms with Crippen molar-refractivity contribution in [3.8, 4) is 0 Å². The Hall–Kier alpha value is -1.12. The summed E-state index contributed by atoms with van der Waals surface area (Å²) >= 11 is 0. The van der Waals surface area contributed by atoms with Gasteiger partial charge in [-0.1, -0.05) is 6.92 Å². The molecule has 1 saturated heterocycles. The zero-order chi connectivity index (χ0) is 16.4. The Morgan fingerprint density at radius 3 is 2.45 bits per heavy atom. The van der Waals surface area contributed by atoms with Gasteiger partial charge in [-0.2, -0.15) is 13.2 Å². The second-order valence-corrected chi connectivity index (χ2v) is 7.09. The van der Waals surface area contributed by atoms with Crippen molar-refractivity contribution in [1.82, 2.24) is 9.62 Å². The number of hydrogen-bond acceptors (Lipinski definition) is 3. The Morgan fingerprint density at radius 2 is 1.91 bits per heavy atom. The molecule has 1 heterocycles. The van der Waals surface area contributed by atoms with Crippen LogP contribution in [0.1, 0.15) is 25.3 Å². The number of hydrogen-bond donors (Lipinski definition) is 1. The lowest BCUT2D eigenvalue weighted by Crippen LogP contribution is -2.47. The Bertz CT molecular complexity index is 600. The van der Waals surface area contributed by atoms with Crippen molar-refractivity contribution < 1.29 is 21.6 Å². The maximum atomic E-state index is 12.5. The van der Waals surface area contributed by atoms with E-state index in [0.29, 0.717) is 6.54 Å². The van der Waals surface area contributed by atoms with Crippen LogP contribution in [0.15, 0.2) is 29.2 Å². The summed E-state index contributed by atoms with van der Waals surface area (Å²) in [5, 5.41) is 0. The SMILES string of the molecule is CCN1CCC[C@H](NS(=O)(=O)c2ccc(C(F)(F)F)cc2)C1. The molecule has 0 amide bonds. The van der Waals surface area contributed by atoms with Crippen LogP contribution < -0.4 is 4.72 Å². The van der Waals surface area contributed by atoms with Gasteiger partial charge in [-0.3, -0.25) is 0 Å². The number of likely N-dealkylation sites (N-methyl/N-ethyl adjacent to an activating group) is 1. The van der Waals surface area contributed by atoms with Gasteiger partial charge in [-0.05, 0) is 50.2 Å². The second-order valence-electron chi connectivity index (χ2n) is 5.38. The van der Waals surface area contributed by atoms with E-state index >= 15 is 0 Å². The van der Waals surface area contributed by atoms with Crippen molar-refractivity contribution >= 4 is 10.0 Å². The molecule has 1 aliphatic rings. The number of piperidine rings is 1. The molecule has 0 radical (unpaired) electrons. The number of nitrogens with one attached hydrogen (secondary N) is 1. The lowest BCUT2D eigenvalue weighted by Gasteiger charge is -2.32. The molecule has 0 saturated carbocycles. The van der Waals surface area contributed by atoms with E-state index < -0.39 is 21.8 Å². The standard InChI is InChI=1S/C14H19F3N2O2S/c1-2-19-9-3-4-12(10-19)18-22(20,21)13-7-5-11(6-8-13)14(15,16)17/h5-8,12,18H,2-4,9-10H2,1H3/t12-/m0/s1. The van der Waals surface area contributed by atoms with Crippen molar-refractivity contribution in [2.24, 2.45) is 0 Å². The lowest BCUT2D eigenvalue weighted by atomic mass is 10.1. The van der Waals surface area contributed by atoms with E-state index in [1.54, 1.807) is 0 Å². The van der Waals surface area contributed by atoms with Gasteiger partial charge >= 0.3 is 6.18 Å². The van der Waals surface area contributed by atoms with Gasteiger partial charge in [0.05, 0.1) is 10.5 Å². The van der Waals surface area contributed by atoms with E-state index in [4.69, 9.17) is 0 Å². The topological polar surface area (TPSA) is 49.4 Å². The van der Waals surface area contributed by atoms with Crippen LogP contribution in [0.4, 0.5) is 13.2 Å². The Morgan fingerprint density at radius 1 is 1.27 bits per heavy atom. The van der Waals surface area contributed by atoms with E-state index in [-0.39, 0.29) is 10.9 Å². The smallest absolute Gasteiger partial charge is 0.302 e. The molecule has 1 atom stereocenters. The molecule has 8 heteroatoms. The summed E-state index contributed by atoms with van der Waals surface area (Å²) in [6.45, 7) is 4.41. The van der Waals surface area contributed by atoms with Crippen molar-refractivity contribution in [2.45, 2.75) is 36.9 Å². The third kappa shape index (κ3) is 4.21. The van der Waals surface area contributed by atoms with E-state index in [1.165, 1.54) is 0 Å². The molecule has 124 valence electrons. The number of nitrogens with zero attached hydrogens (tertiary/aromatic N) is 1. The van der Waals surface area contributed by atoms with Crippen LogP contribution in [0.25, 0.3) is 0 Å². The summed E-state index contributed by atoms with van der Waals surface area (Å²) in [5.74, 6) is 0. The molecule has 4 nitrogen and oxygen atoms in total. The molecule has 0 spiro atoms. The third-order valence-corrected chi connectivity index (χ3v) is 5.30. The predicted octanol–water partition coefficient (Wildman–Crippen LogP) is 2.47. The minimum atomic E-state index is -4.47. The molecule has 0 aliphatic carbocycles. The highest BCUT2D eigenvalue weighted by molar-refractivity contribution is 7.89. The van der Waals surface area contributed by atoms with Crippen molar-refractivity contribution in [1.29, 1.82) is 0 Å². The molecular formula is C14H19F3N2O2S. The van der Waals surface area contributed by atoms with Gasteiger partial charge in [0, 0.05) is 12.6 Å². The fourth-order valence-corrected chi connectivity index (χ4v) is 3.81. The molecule has 0 aromatic heterocycles. The molecule has 1 aromatic rings. The minimum absolute atomic E-state index is 0.144. The van der Waals surface area contributed by atoms with E-state index in [2.05, 4.69) is 9.62 Å². The molecule has 1 fully saturated rings. The summed E-state index contributed by atoms with van der Waals surface area (Å²) in [7, 11) is -3.80. The van der Waals surface area contributed by atoms with Crippen LogP contribution in [-0.2, 0) is 16.2 Å². The molecule has 0 bridgehead atoms. The largest absolute Gasteiger partial charge is 0.416 e. The van der Waals surface area contributed by atoms with Gasteiger partial charge < -0.3 is 4.90 Å². The third-order valence-electron chi connectivity index (χ3n) is 3.77. The number of benzene rings is 1. The first-order valence-corrected chi connectivity index (χ1v) is 8.62. The molecule has 1 aromatic carbocycles. The van der Waals surface area contributed by atoms with Crippen LogP contribution in [0.5, 0.6) is 0 Å². The average Bonchev–Trinajstić information content (AvgIpc) is 2.46. The fraction of sp³-hybridized carbons (Fsp3) is 0.571. The quantitative estimate of drug-likeness (QED) is 0.919. The van der Waals surface area contributed by atoms with Gasteiger partial charge in [0.15, 0.2) is 0 Å². The average molecular weight is 336 g/mol. The van der Waals surface area contributed by atoms with Crippen LogP contribution in [0.2, 0.25) is 0 Å².